The summed E-state index contributed by atoms with van der Waals surface area (Å²) in [6.07, 6.45) is 0.218. The molecule has 0 saturated heterocycles. The Balaban J connectivity index is 4.19. The van der Waals surface area contributed by atoms with Crippen LogP contribution >= 0.6 is 0 Å². The largest absolute Gasteiger partial charge is 0.446 e. The van der Waals surface area contributed by atoms with Crippen LogP contribution < -0.4 is 11.1 Å². The van der Waals surface area contributed by atoms with Gasteiger partial charge < -0.3 is 20.1 Å². The fraction of sp³-hybridized carbons (Fsp3) is 0.786. The van der Waals surface area contributed by atoms with E-state index in [0.717, 1.165) is 6.42 Å². The Labute approximate surface area is 132 Å². The lowest BCUT2D eigenvalue weighted by Crippen LogP contribution is -2.41. The first kappa shape index (κ1) is 20.2. The van der Waals surface area contributed by atoms with Gasteiger partial charge in [0.15, 0.2) is 0 Å². The summed E-state index contributed by atoms with van der Waals surface area (Å²) < 4.78 is 10.7. The molecule has 0 rings (SSSR count). The zero-order valence-electron chi connectivity index (χ0n) is 14.4. The first-order chi connectivity index (χ1) is 10.0. The summed E-state index contributed by atoms with van der Waals surface area (Å²) in [5.41, 5.74) is 4.93. The number of amides is 1. The third kappa shape index (κ3) is 9.98. The summed E-state index contributed by atoms with van der Waals surface area (Å²) in [6.45, 7) is 8.63. The Hall–Kier alpha value is -1.83. The Morgan fingerprint density at radius 2 is 2.00 bits per heavy atom. The van der Waals surface area contributed by atoms with E-state index in [-0.39, 0.29) is 18.5 Å². The van der Waals surface area contributed by atoms with Crippen molar-refractivity contribution >= 4 is 18.0 Å². The van der Waals surface area contributed by atoms with E-state index >= 15 is 0 Å². The Morgan fingerprint density at radius 3 is 2.50 bits per heavy atom. The number of rotatable bonds is 6. The molecule has 8 heteroatoms. The second-order valence-electron chi connectivity index (χ2n) is 6.21. The van der Waals surface area contributed by atoms with Gasteiger partial charge in [0.2, 0.25) is 11.9 Å². The van der Waals surface area contributed by atoms with E-state index in [1.54, 1.807) is 14.1 Å². The minimum absolute atomic E-state index is 0.0739. The molecular weight excluding hydrogens is 286 g/mol. The molecule has 22 heavy (non-hydrogen) atoms. The van der Waals surface area contributed by atoms with Gasteiger partial charge in [-0.05, 0) is 26.2 Å². The first-order valence-electron chi connectivity index (χ1n) is 7.21. The molecule has 0 spiro atoms. The van der Waals surface area contributed by atoms with Crippen LogP contribution in [0.3, 0.4) is 0 Å². The molecule has 1 amide bonds. The molecule has 0 aliphatic carbocycles. The number of hydrogen-bond acceptors (Lipinski definition) is 4. The molecule has 0 bridgehead atoms. The van der Waals surface area contributed by atoms with E-state index in [1.165, 1.54) is 4.90 Å². The van der Waals surface area contributed by atoms with Crippen LogP contribution in [-0.2, 0) is 9.47 Å². The number of carbonyl (C=O) groups is 1. The van der Waals surface area contributed by atoms with E-state index in [0.29, 0.717) is 12.5 Å². The van der Waals surface area contributed by atoms with Crippen LogP contribution in [0, 0.1) is 11.3 Å². The molecule has 0 aliphatic rings. The highest BCUT2D eigenvalue weighted by Crippen LogP contribution is 2.12. The summed E-state index contributed by atoms with van der Waals surface area (Å²) >= 11 is 0. The van der Waals surface area contributed by atoms with Crippen molar-refractivity contribution < 1.29 is 14.3 Å². The van der Waals surface area contributed by atoms with Crippen molar-refractivity contribution in [2.75, 3.05) is 27.3 Å². The van der Waals surface area contributed by atoms with Gasteiger partial charge in [-0.1, -0.05) is 13.8 Å². The normalized spacial score (nSPS) is 12.2. The van der Waals surface area contributed by atoms with Gasteiger partial charge in [0.25, 0.3) is 0 Å². The second-order valence-corrected chi connectivity index (χ2v) is 6.21. The number of nitrogens with one attached hydrogen (secondary N) is 2. The lowest BCUT2D eigenvalue weighted by molar-refractivity contribution is -0.0596. The Kier molecular flexibility index (Phi) is 8.47. The monoisotopic (exact) mass is 315 g/mol. The fourth-order valence-corrected chi connectivity index (χ4v) is 1.23. The zero-order valence-corrected chi connectivity index (χ0v) is 14.4. The van der Waals surface area contributed by atoms with Crippen LogP contribution in [0.2, 0.25) is 0 Å². The summed E-state index contributed by atoms with van der Waals surface area (Å²) in [7, 11) is 3.29. The van der Waals surface area contributed by atoms with Crippen LogP contribution in [0.1, 0.15) is 34.1 Å². The van der Waals surface area contributed by atoms with E-state index in [4.69, 9.17) is 20.6 Å². The predicted octanol–water partition coefficient (Wildman–Crippen LogP) is 1.36. The number of hydrogen-bond donors (Lipinski definition) is 3. The van der Waals surface area contributed by atoms with Gasteiger partial charge in [-0.3, -0.25) is 10.7 Å². The fourth-order valence-electron chi connectivity index (χ4n) is 1.23. The first-order valence-corrected chi connectivity index (χ1v) is 7.21. The summed E-state index contributed by atoms with van der Waals surface area (Å²) in [6, 6.07) is 0. The Bertz CT molecular complexity index is 405. The van der Waals surface area contributed by atoms with Crippen molar-refractivity contribution in [1.29, 1.82) is 5.41 Å². The highest BCUT2D eigenvalue weighted by molar-refractivity contribution is 5.99. The van der Waals surface area contributed by atoms with Crippen molar-refractivity contribution in [3.63, 3.8) is 0 Å². The topological polar surface area (TPSA) is 113 Å². The number of alkyl carbamates (subject to hydrolysis) is 1. The van der Waals surface area contributed by atoms with E-state index in [2.05, 4.69) is 24.2 Å². The number of guanidine groups is 2. The van der Waals surface area contributed by atoms with Crippen molar-refractivity contribution in [3.8, 4) is 0 Å². The summed E-state index contributed by atoms with van der Waals surface area (Å²) in [4.78, 5) is 16.7. The third-order valence-corrected chi connectivity index (χ3v) is 2.62. The van der Waals surface area contributed by atoms with Crippen molar-refractivity contribution in [2.45, 2.75) is 39.7 Å². The molecule has 0 unspecified atom stereocenters. The molecule has 0 aromatic heterocycles. The van der Waals surface area contributed by atoms with Gasteiger partial charge >= 0.3 is 6.09 Å². The smallest absolute Gasteiger partial charge is 0.414 e. The number of carbonyl (C=O) groups excluding carboxylic acids is 1. The second kappa shape index (κ2) is 9.24. The van der Waals surface area contributed by atoms with Crippen LogP contribution in [0.15, 0.2) is 4.99 Å². The quantitative estimate of drug-likeness (QED) is 0.506. The van der Waals surface area contributed by atoms with Crippen LogP contribution in [0.4, 0.5) is 4.79 Å². The summed E-state index contributed by atoms with van der Waals surface area (Å²) in [5.74, 6) is 0.292. The van der Waals surface area contributed by atoms with E-state index in [9.17, 15) is 4.79 Å². The number of aliphatic imine (C=N–C) groups is 1. The van der Waals surface area contributed by atoms with Gasteiger partial charge in [0.1, 0.15) is 6.61 Å². The lowest BCUT2D eigenvalue weighted by atomic mass is 10.1. The summed E-state index contributed by atoms with van der Waals surface area (Å²) in [5, 5.41) is 9.73. The highest BCUT2D eigenvalue weighted by atomic mass is 16.6. The van der Waals surface area contributed by atoms with Crippen molar-refractivity contribution in [1.82, 2.24) is 10.2 Å². The average Bonchev–Trinajstić information content (AvgIpc) is 2.35. The molecule has 8 nitrogen and oxygen atoms in total. The standard InChI is InChI=1S/C14H29N5O3/c1-10(2)7-8-22-14(3,4)9-21-13(20)18-11(15)17-12(16)19(5)6/h10H,7-9H2,1-6H3,(H4,15,16,17,18,20). The molecule has 4 N–H and O–H groups in total. The van der Waals surface area contributed by atoms with Crippen molar-refractivity contribution in [2.24, 2.45) is 16.6 Å². The van der Waals surface area contributed by atoms with Gasteiger partial charge in [0, 0.05) is 20.7 Å². The minimum atomic E-state index is -0.728. The number of nitrogens with two attached hydrogens (primary N) is 1. The predicted molar refractivity (Wildman–Crippen MR) is 87.0 cm³/mol. The van der Waals surface area contributed by atoms with Gasteiger partial charge in [-0.15, -0.1) is 0 Å². The molecule has 0 fully saturated rings. The maximum Gasteiger partial charge on any atom is 0.414 e. The molecule has 128 valence electrons. The molecule has 0 aliphatic heterocycles. The van der Waals surface area contributed by atoms with Gasteiger partial charge in [-0.2, -0.15) is 4.99 Å². The average molecular weight is 315 g/mol. The number of nitrogens with zero attached hydrogens (tertiary/aromatic N) is 2. The molecule has 0 atom stereocenters. The lowest BCUT2D eigenvalue weighted by Gasteiger charge is -2.25. The minimum Gasteiger partial charge on any atom is -0.446 e. The molecule has 0 aromatic rings. The molecule has 0 heterocycles. The van der Waals surface area contributed by atoms with Gasteiger partial charge in [-0.25, -0.2) is 4.79 Å². The van der Waals surface area contributed by atoms with Crippen molar-refractivity contribution in [3.05, 3.63) is 0 Å². The molecule has 0 saturated carbocycles. The van der Waals surface area contributed by atoms with E-state index in [1.807, 2.05) is 13.8 Å². The van der Waals surface area contributed by atoms with Crippen LogP contribution in [-0.4, -0.2) is 55.8 Å². The maximum absolute atomic E-state index is 11.6. The molecule has 0 aromatic carbocycles. The highest BCUT2D eigenvalue weighted by Gasteiger charge is 2.21. The molecular formula is C14H29N5O3. The van der Waals surface area contributed by atoms with Crippen LogP contribution in [0.25, 0.3) is 0 Å². The Morgan fingerprint density at radius 1 is 1.41 bits per heavy atom. The third-order valence-electron chi connectivity index (χ3n) is 2.62. The SMILES string of the molecule is CC(C)CCOC(C)(C)COC(=O)NC(N)=NC(=N)N(C)C. The molecule has 0 radical (unpaired) electrons. The van der Waals surface area contributed by atoms with E-state index < -0.39 is 11.7 Å². The zero-order chi connectivity index (χ0) is 17.3. The van der Waals surface area contributed by atoms with Crippen LogP contribution in [0.5, 0.6) is 0 Å². The maximum atomic E-state index is 11.6. The van der Waals surface area contributed by atoms with Gasteiger partial charge in [0.05, 0.1) is 5.60 Å². The number of ether oxygens (including phenoxy) is 2.